The van der Waals surface area contributed by atoms with Crippen molar-refractivity contribution in [3.63, 3.8) is 0 Å². The summed E-state index contributed by atoms with van der Waals surface area (Å²) in [6.07, 6.45) is 2.49. The van der Waals surface area contributed by atoms with Gasteiger partial charge in [0.05, 0.1) is 5.69 Å². The van der Waals surface area contributed by atoms with Gasteiger partial charge in [-0.05, 0) is 48.6 Å². The first-order valence-corrected chi connectivity index (χ1v) is 8.31. The first kappa shape index (κ1) is 16.6. The van der Waals surface area contributed by atoms with Crippen LogP contribution < -0.4 is 10.6 Å². The van der Waals surface area contributed by atoms with Crippen LogP contribution in [0.25, 0.3) is 0 Å². The van der Waals surface area contributed by atoms with Gasteiger partial charge in [-0.25, -0.2) is 9.18 Å². The van der Waals surface area contributed by atoms with E-state index in [9.17, 15) is 9.18 Å². The number of thioether (sulfide) groups is 1. The summed E-state index contributed by atoms with van der Waals surface area (Å²) in [4.78, 5) is 12.8. The van der Waals surface area contributed by atoms with E-state index < -0.39 is 0 Å². The molecule has 0 aliphatic rings. The van der Waals surface area contributed by atoms with Gasteiger partial charge in [-0.2, -0.15) is 0 Å². The number of urea groups is 1. The lowest BCUT2D eigenvalue weighted by Gasteiger charge is -2.11. The first-order valence-electron chi connectivity index (χ1n) is 6.71. The molecule has 22 heavy (non-hydrogen) atoms. The molecule has 0 spiro atoms. The van der Waals surface area contributed by atoms with E-state index in [1.54, 1.807) is 18.2 Å². The number of halogens is 2. The summed E-state index contributed by atoms with van der Waals surface area (Å²) in [6.45, 7) is 0.421. The Hall–Kier alpha value is -1.72. The van der Waals surface area contributed by atoms with E-state index in [1.165, 1.54) is 23.9 Å². The second-order valence-electron chi connectivity index (χ2n) is 4.61. The zero-order chi connectivity index (χ0) is 15.9. The summed E-state index contributed by atoms with van der Waals surface area (Å²) in [5.74, 6) is -0.273. The molecule has 0 saturated carbocycles. The fraction of sp³-hybridized carbons (Fsp3) is 0.188. The number of benzene rings is 2. The van der Waals surface area contributed by atoms with E-state index in [0.29, 0.717) is 23.7 Å². The number of nitrogens with one attached hydrogen (secondary N) is 2. The lowest BCUT2D eigenvalue weighted by molar-refractivity contribution is 0.252. The Morgan fingerprint density at radius 2 is 2.09 bits per heavy atom. The Kier molecular flexibility index (Phi) is 6.10. The molecule has 2 amide bonds. The molecule has 0 aliphatic carbocycles. The number of hydrogen-bond donors (Lipinski definition) is 2. The highest BCUT2D eigenvalue weighted by Crippen LogP contribution is 2.28. The molecular formula is C16H16ClFN2OS. The van der Waals surface area contributed by atoms with Crippen LogP contribution >= 0.6 is 23.4 Å². The molecule has 0 fully saturated rings. The van der Waals surface area contributed by atoms with Crippen molar-refractivity contribution in [1.29, 1.82) is 0 Å². The standard InChI is InChI=1S/C16H16ClFN2OS/c1-22-15-6-5-12(17)10-14(15)20-16(21)19-8-7-11-3-2-4-13(18)9-11/h2-6,9-10H,7-8H2,1H3,(H2,19,20,21). The predicted octanol–water partition coefficient (Wildman–Crippen LogP) is 4.57. The van der Waals surface area contributed by atoms with Gasteiger partial charge in [0.1, 0.15) is 5.82 Å². The molecule has 6 heteroatoms. The second kappa shape index (κ2) is 8.06. The van der Waals surface area contributed by atoms with E-state index in [2.05, 4.69) is 10.6 Å². The molecular weight excluding hydrogens is 323 g/mol. The molecule has 0 aromatic heterocycles. The van der Waals surface area contributed by atoms with Crippen LogP contribution in [0.1, 0.15) is 5.56 Å². The number of rotatable bonds is 5. The first-order chi connectivity index (χ1) is 10.6. The molecule has 2 aromatic carbocycles. The van der Waals surface area contributed by atoms with Crippen LogP contribution in [0.2, 0.25) is 5.02 Å². The molecule has 2 rings (SSSR count). The molecule has 0 bridgehead atoms. The monoisotopic (exact) mass is 338 g/mol. The van der Waals surface area contributed by atoms with Crippen molar-refractivity contribution < 1.29 is 9.18 Å². The van der Waals surface area contributed by atoms with Crippen LogP contribution in [0.5, 0.6) is 0 Å². The van der Waals surface area contributed by atoms with Gasteiger partial charge in [-0.3, -0.25) is 0 Å². The van der Waals surface area contributed by atoms with Gasteiger partial charge in [0, 0.05) is 16.5 Å². The van der Waals surface area contributed by atoms with E-state index in [1.807, 2.05) is 18.4 Å². The summed E-state index contributed by atoms with van der Waals surface area (Å²) < 4.78 is 13.0. The topological polar surface area (TPSA) is 41.1 Å². The maximum atomic E-state index is 13.0. The zero-order valence-corrected chi connectivity index (χ0v) is 13.6. The molecule has 116 valence electrons. The minimum absolute atomic E-state index is 0.273. The maximum Gasteiger partial charge on any atom is 0.319 e. The third-order valence-electron chi connectivity index (χ3n) is 3.00. The highest BCUT2D eigenvalue weighted by atomic mass is 35.5. The number of hydrogen-bond acceptors (Lipinski definition) is 2. The average Bonchev–Trinajstić information content (AvgIpc) is 2.47. The third-order valence-corrected chi connectivity index (χ3v) is 4.03. The summed E-state index contributed by atoms with van der Waals surface area (Å²) in [7, 11) is 0. The summed E-state index contributed by atoms with van der Waals surface area (Å²) in [5.41, 5.74) is 1.51. The van der Waals surface area contributed by atoms with Crippen molar-refractivity contribution in [2.75, 3.05) is 18.1 Å². The highest BCUT2D eigenvalue weighted by Gasteiger charge is 2.07. The molecule has 2 aromatic rings. The fourth-order valence-electron chi connectivity index (χ4n) is 1.96. The smallest absolute Gasteiger partial charge is 0.319 e. The number of amides is 2. The Balaban J connectivity index is 1.87. The molecule has 0 unspecified atom stereocenters. The Bertz CT molecular complexity index is 666. The summed E-state index contributed by atoms with van der Waals surface area (Å²) in [5, 5.41) is 6.08. The van der Waals surface area contributed by atoms with Gasteiger partial charge in [-0.15, -0.1) is 11.8 Å². The fourth-order valence-corrected chi connectivity index (χ4v) is 2.66. The van der Waals surface area contributed by atoms with E-state index in [4.69, 9.17) is 11.6 Å². The Morgan fingerprint density at radius 1 is 1.27 bits per heavy atom. The normalized spacial score (nSPS) is 10.3. The van der Waals surface area contributed by atoms with Crippen molar-refractivity contribution in [1.82, 2.24) is 5.32 Å². The molecule has 0 radical (unpaired) electrons. The average molecular weight is 339 g/mol. The van der Waals surface area contributed by atoms with Gasteiger partial charge in [0.2, 0.25) is 0 Å². The zero-order valence-electron chi connectivity index (χ0n) is 12.0. The second-order valence-corrected chi connectivity index (χ2v) is 5.89. The Labute approximate surface area is 138 Å². The molecule has 0 saturated heterocycles. The highest BCUT2D eigenvalue weighted by molar-refractivity contribution is 7.98. The molecule has 2 N–H and O–H groups in total. The summed E-state index contributed by atoms with van der Waals surface area (Å²) >= 11 is 7.47. The van der Waals surface area contributed by atoms with E-state index in [-0.39, 0.29) is 11.8 Å². The van der Waals surface area contributed by atoms with Crippen molar-refractivity contribution in [2.45, 2.75) is 11.3 Å². The summed E-state index contributed by atoms with van der Waals surface area (Å²) in [6, 6.07) is 11.4. The molecule has 0 heterocycles. The van der Waals surface area contributed by atoms with Crippen molar-refractivity contribution in [3.05, 3.63) is 58.9 Å². The van der Waals surface area contributed by atoms with Gasteiger partial charge >= 0.3 is 6.03 Å². The third kappa shape index (κ3) is 4.93. The van der Waals surface area contributed by atoms with Gasteiger partial charge < -0.3 is 10.6 Å². The minimum Gasteiger partial charge on any atom is -0.338 e. The van der Waals surface area contributed by atoms with Crippen molar-refractivity contribution in [3.8, 4) is 0 Å². The van der Waals surface area contributed by atoms with Crippen LogP contribution in [0.3, 0.4) is 0 Å². The van der Waals surface area contributed by atoms with Crippen LogP contribution in [0, 0.1) is 5.82 Å². The van der Waals surface area contributed by atoms with Crippen LogP contribution in [0.15, 0.2) is 47.4 Å². The van der Waals surface area contributed by atoms with Gasteiger partial charge in [-0.1, -0.05) is 23.7 Å². The van der Waals surface area contributed by atoms with Crippen molar-refractivity contribution >= 4 is 35.1 Å². The number of carbonyl (C=O) groups is 1. The van der Waals surface area contributed by atoms with Crippen LogP contribution in [-0.2, 0) is 6.42 Å². The largest absolute Gasteiger partial charge is 0.338 e. The van der Waals surface area contributed by atoms with Gasteiger partial charge in [0.15, 0.2) is 0 Å². The SMILES string of the molecule is CSc1ccc(Cl)cc1NC(=O)NCCc1cccc(F)c1. The lowest BCUT2D eigenvalue weighted by atomic mass is 10.1. The molecule has 0 aliphatic heterocycles. The number of carbonyl (C=O) groups excluding carboxylic acids is 1. The minimum atomic E-state index is -0.311. The van der Waals surface area contributed by atoms with E-state index in [0.717, 1.165) is 10.5 Å². The number of anilines is 1. The van der Waals surface area contributed by atoms with Crippen LogP contribution in [0.4, 0.5) is 14.9 Å². The van der Waals surface area contributed by atoms with Crippen LogP contribution in [-0.4, -0.2) is 18.8 Å². The quantitative estimate of drug-likeness (QED) is 0.784. The van der Waals surface area contributed by atoms with Gasteiger partial charge in [0.25, 0.3) is 0 Å². The molecule has 3 nitrogen and oxygen atoms in total. The van der Waals surface area contributed by atoms with E-state index >= 15 is 0 Å². The lowest BCUT2D eigenvalue weighted by Crippen LogP contribution is -2.30. The molecule has 0 atom stereocenters. The maximum absolute atomic E-state index is 13.0. The Morgan fingerprint density at radius 3 is 2.82 bits per heavy atom. The predicted molar refractivity (Wildman–Crippen MR) is 90.4 cm³/mol. The van der Waals surface area contributed by atoms with Crippen molar-refractivity contribution in [2.24, 2.45) is 0 Å².